The minimum absolute atomic E-state index is 0.133. The summed E-state index contributed by atoms with van der Waals surface area (Å²) < 4.78 is 11.7. The first kappa shape index (κ1) is 18.6. The van der Waals surface area contributed by atoms with E-state index in [4.69, 9.17) is 26.8 Å². The molecule has 2 aromatic rings. The molecule has 4 unspecified atom stereocenters. The van der Waals surface area contributed by atoms with E-state index in [1.165, 1.54) is 0 Å². The molecule has 4 N–H and O–H groups in total. The third kappa shape index (κ3) is 3.08. The van der Waals surface area contributed by atoms with Gasteiger partial charge < -0.3 is 15.2 Å². The number of allylic oxidation sites excluding steroid dienone is 1. The first-order chi connectivity index (χ1) is 13.7. The molecule has 28 heavy (non-hydrogen) atoms. The Labute approximate surface area is 168 Å². The van der Waals surface area contributed by atoms with Crippen LogP contribution in [0, 0.1) is 17.2 Å². The van der Waals surface area contributed by atoms with Crippen molar-refractivity contribution in [2.24, 2.45) is 11.7 Å². The Kier molecular flexibility index (Phi) is 5.14. The van der Waals surface area contributed by atoms with Gasteiger partial charge in [-0.1, -0.05) is 48.0 Å². The molecule has 2 aliphatic rings. The molecule has 0 bridgehead atoms. The molecule has 4 rings (SSSR count). The normalized spacial score (nSPS) is 26.3. The molecule has 0 radical (unpaired) electrons. The number of halogens is 1. The fourth-order valence-electron chi connectivity index (χ4n) is 4.08. The molecule has 0 spiro atoms. The monoisotopic (exact) mass is 396 g/mol. The van der Waals surface area contributed by atoms with Crippen LogP contribution < -0.4 is 21.3 Å². The van der Waals surface area contributed by atoms with Gasteiger partial charge in [0.1, 0.15) is 11.8 Å². The Morgan fingerprint density at radius 3 is 2.57 bits per heavy atom. The Morgan fingerprint density at radius 1 is 1.14 bits per heavy atom. The number of fused-ring (bicyclic) bond motifs is 1. The molecule has 0 amide bonds. The molecule has 0 saturated carbocycles. The second kappa shape index (κ2) is 7.72. The molecule has 2 aliphatic heterocycles. The molecular formula is C21H21ClN4O2. The third-order valence-corrected chi connectivity index (χ3v) is 5.59. The van der Waals surface area contributed by atoms with Gasteiger partial charge in [-0.05, 0) is 24.6 Å². The Morgan fingerprint density at radius 2 is 1.86 bits per heavy atom. The Balaban J connectivity index is 1.86. The van der Waals surface area contributed by atoms with E-state index >= 15 is 0 Å². The highest BCUT2D eigenvalue weighted by molar-refractivity contribution is 6.31. The summed E-state index contributed by atoms with van der Waals surface area (Å²) in [6.45, 7) is 2.46. The second-order valence-electron chi connectivity index (χ2n) is 6.74. The number of para-hydroxylation sites is 1. The van der Waals surface area contributed by atoms with Crippen molar-refractivity contribution in [3.05, 3.63) is 76.1 Å². The highest BCUT2D eigenvalue weighted by atomic mass is 35.5. The van der Waals surface area contributed by atoms with Crippen LogP contribution in [-0.2, 0) is 4.74 Å². The van der Waals surface area contributed by atoms with Gasteiger partial charge in [0.15, 0.2) is 6.23 Å². The molecular weight excluding hydrogens is 376 g/mol. The fraction of sp³-hybridized carbons (Fsp3) is 0.286. The lowest BCUT2D eigenvalue weighted by molar-refractivity contribution is 0.0337. The predicted molar refractivity (Wildman–Crippen MR) is 106 cm³/mol. The van der Waals surface area contributed by atoms with E-state index in [2.05, 4.69) is 16.9 Å². The van der Waals surface area contributed by atoms with Gasteiger partial charge >= 0.3 is 0 Å². The number of hydrazine groups is 1. The van der Waals surface area contributed by atoms with Crippen LogP contribution in [0.4, 0.5) is 0 Å². The van der Waals surface area contributed by atoms with E-state index in [0.29, 0.717) is 17.2 Å². The summed E-state index contributed by atoms with van der Waals surface area (Å²) in [5, 5.41) is 10.5. The van der Waals surface area contributed by atoms with Crippen molar-refractivity contribution in [2.45, 2.75) is 25.1 Å². The van der Waals surface area contributed by atoms with E-state index in [9.17, 15) is 5.26 Å². The van der Waals surface area contributed by atoms with Gasteiger partial charge in [0.05, 0.1) is 18.2 Å². The molecule has 0 aromatic heterocycles. The summed E-state index contributed by atoms with van der Waals surface area (Å²) in [7, 11) is 0. The molecule has 1 saturated heterocycles. The zero-order chi connectivity index (χ0) is 19.7. The summed E-state index contributed by atoms with van der Waals surface area (Å²) in [6.07, 6.45) is -0.405. The number of hydrogen-bond acceptors (Lipinski definition) is 6. The lowest BCUT2D eigenvalue weighted by Crippen LogP contribution is -2.41. The van der Waals surface area contributed by atoms with Gasteiger partial charge in [-0.25, -0.2) is 10.9 Å². The van der Waals surface area contributed by atoms with Crippen LogP contribution >= 0.6 is 11.6 Å². The first-order valence-electron chi connectivity index (χ1n) is 9.19. The first-order valence-corrected chi connectivity index (χ1v) is 9.57. The van der Waals surface area contributed by atoms with Crippen LogP contribution in [-0.4, -0.2) is 12.8 Å². The van der Waals surface area contributed by atoms with Crippen LogP contribution in [0.3, 0.4) is 0 Å². The van der Waals surface area contributed by atoms with E-state index in [0.717, 1.165) is 16.9 Å². The number of ether oxygens (including phenoxy) is 2. The molecule has 2 aromatic carbocycles. The summed E-state index contributed by atoms with van der Waals surface area (Å²) >= 11 is 6.47. The largest absolute Gasteiger partial charge is 0.494 e. The molecule has 2 heterocycles. The number of nitrogens with one attached hydrogen (secondary N) is 2. The smallest absolute Gasteiger partial charge is 0.200 e. The maximum atomic E-state index is 9.87. The number of nitriles is 1. The lowest BCUT2D eigenvalue weighted by atomic mass is 9.74. The Bertz CT molecular complexity index is 955. The summed E-state index contributed by atoms with van der Waals surface area (Å²) in [4.78, 5) is 0. The van der Waals surface area contributed by atoms with E-state index in [-0.39, 0.29) is 23.8 Å². The van der Waals surface area contributed by atoms with Gasteiger partial charge in [0.2, 0.25) is 5.88 Å². The average Bonchev–Trinajstić information content (AvgIpc) is 3.11. The van der Waals surface area contributed by atoms with E-state index < -0.39 is 6.23 Å². The standard InChI is InChI=1S/C21H21ClN4O2/c1-2-27-16-10-6-4-8-13(16)17-14(11-23)20(24)28-21-18(17)19(25-26-21)12-7-3-5-9-15(12)22/h3-10,17-19,21,25-26H,2,24H2,1H3. The number of rotatable bonds is 4. The van der Waals surface area contributed by atoms with Crippen molar-refractivity contribution in [1.29, 1.82) is 5.26 Å². The van der Waals surface area contributed by atoms with Gasteiger partial charge in [-0.2, -0.15) is 5.26 Å². The highest BCUT2D eigenvalue weighted by Crippen LogP contribution is 2.50. The van der Waals surface area contributed by atoms with Gasteiger partial charge in [0.25, 0.3) is 0 Å². The number of benzene rings is 2. The second-order valence-corrected chi connectivity index (χ2v) is 7.15. The van der Waals surface area contributed by atoms with Crippen molar-refractivity contribution in [3.8, 4) is 11.8 Å². The summed E-state index contributed by atoms with van der Waals surface area (Å²) in [5.74, 6) is 0.411. The van der Waals surface area contributed by atoms with Crippen LogP contribution in [0.25, 0.3) is 0 Å². The topological polar surface area (TPSA) is 92.3 Å². The van der Waals surface area contributed by atoms with Crippen LogP contribution in [0.15, 0.2) is 60.0 Å². The SMILES string of the molecule is CCOc1ccccc1C1C(C#N)=C(N)OC2NNC(c3ccccc3Cl)C21. The summed E-state index contributed by atoms with van der Waals surface area (Å²) in [5.41, 5.74) is 14.8. The number of nitrogens with zero attached hydrogens (tertiary/aromatic N) is 1. The molecule has 0 aliphatic carbocycles. The average molecular weight is 397 g/mol. The lowest BCUT2D eigenvalue weighted by Gasteiger charge is -2.36. The van der Waals surface area contributed by atoms with Gasteiger partial charge in [-0.15, -0.1) is 0 Å². The molecule has 1 fully saturated rings. The Hall–Kier alpha value is -2.72. The van der Waals surface area contributed by atoms with Crippen molar-refractivity contribution in [1.82, 2.24) is 10.9 Å². The van der Waals surface area contributed by atoms with Crippen molar-refractivity contribution >= 4 is 11.6 Å². The maximum Gasteiger partial charge on any atom is 0.200 e. The maximum absolute atomic E-state index is 9.87. The fourth-order valence-corrected chi connectivity index (χ4v) is 4.34. The van der Waals surface area contributed by atoms with Crippen molar-refractivity contribution in [2.75, 3.05) is 6.61 Å². The zero-order valence-corrected chi connectivity index (χ0v) is 16.1. The van der Waals surface area contributed by atoms with E-state index in [1.54, 1.807) is 0 Å². The molecule has 144 valence electrons. The van der Waals surface area contributed by atoms with Crippen molar-refractivity contribution in [3.63, 3.8) is 0 Å². The van der Waals surface area contributed by atoms with Crippen LogP contribution in [0.5, 0.6) is 5.75 Å². The zero-order valence-electron chi connectivity index (χ0n) is 15.4. The molecule has 6 nitrogen and oxygen atoms in total. The van der Waals surface area contributed by atoms with E-state index in [1.807, 2.05) is 55.5 Å². The number of nitrogens with two attached hydrogens (primary N) is 1. The van der Waals surface area contributed by atoms with Crippen LogP contribution in [0.2, 0.25) is 5.02 Å². The minimum atomic E-state index is -0.405. The van der Waals surface area contributed by atoms with Crippen LogP contribution in [0.1, 0.15) is 30.0 Å². The highest BCUT2D eigenvalue weighted by Gasteiger charge is 2.50. The molecule has 4 atom stereocenters. The third-order valence-electron chi connectivity index (χ3n) is 5.25. The number of hydrogen-bond donors (Lipinski definition) is 3. The van der Waals surface area contributed by atoms with Gasteiger partial charge in [0, 0.05) is 22.4 Å². The quantitative estimate of drug-likeness (QED) is 0.734. The molecule has 7 heteroatoms. The van der Waals surface area contributed by atoms with Gasteiger partial charge in [-0.3, -0.25) is 0 Å². The summed E-state index contributed by atoms with van der Waals surface area (Å²) in [6, 6.07) is 17.5. The predicted octanol–water partition coefficient (Wildman–Crippen LogP) is 3.34. The van der Waals surface area contributed by atoms with Crippen molar-refractivity contribution < 1.29 is 9.47 Å². The minimum Gasteiger partial charge on any atom is -0.494 e.